The van der Waals surface area contributed by atoms with E-state index in [0.717, 1.165) is 35.7 Å². The summed E-state index contributed by atoms with van der Waals surface area (Å²) in [7, 11) is 0. The van der Waals surface area contributed by atoms with Crippen molar-refractivity contribution in [1.29, 1.82) is 0 Å². The fourth-order valence-corrected chi connectivity index (χ4v) is 2.69. The Bertz CT molecular complexity index is 702. The smallest absolute Gasteiger partial charge is 0.243 e. The summed E-state index contributed by atoms with van der Waals surface area (Å²) in [5.41, 5.74) is 2.65. The largest absolute Gasteiger partial charge is 0.494 e. The van der Waals surface area contributed by atoms with Crippen molar-refractivity contribution < 1.29 is 9.53 Å². The average molecular weight is 375 g/mol. The number of hydrogen-bond donors (Lipinski definition) is 2. The molecule has 0 bridgehead atoms. The van der Waals surface area contributed by atoms with Gasteiger partial charge in [-0.15, -0.1) is 0 Å². The zero-order valence-corrected chi connectivity index (χ0v) is 16.2. The highest BCUT2D eigenvalue weighted by Crippen LogP contribution is 2.20. The molecule has 0 unspecified atom stereocenters. The normalized spacial score (nSPS) is 10.4. The Morgan fingerprint density at radius 3 is 2.58 bits per heavy atom. The summed E-state index contributed by atoms with van der Waals surface area (Å²) >= 11 is 5.99. The van der Waals surface area contributed by atoms with Crippen molar-refractivity contribution in [3.05, 3.63) is 53.1 Å². The highest BCUT2D eigenvalue weighted by Gasteiger charge is 2.05. The maximum atomic E-state index is 12.1. The molecule has 0 aliphatic heterocycles. The van der Waals surface area contributed by atoms with Crippen LogP contribution in [0.15, 0.2) is 42.5 Å². The van der Waals surface area contributed by atoms with Gasteiger partial charge in [-0.3, -0.25) is 4.79 Å². The molecule has 0 spiro atoms. The highest BCUT2D eigenvalue weighted by molar-refractivity contribution is 6.30. The summed E-state index contributed by atoms with van der Waals surface area (Å²) in [5.74, 6) is 0.713. The van der Waals surface area contributed by atoms with E-state index in [2.05, 4.69) is 17.6 Å². The molecule has 26 heavy (non-hydrogen) atoms. The van der Waals surface area contributed by atoms with Crippen LogP contribution in [0.3, 0.4) is 0 Å². The predicted molar refractivity (Wildman–Crippen MR) is 109 cm³/mol. The molecule has 0 atom stereocenters. The predicted octanol–water partition coefficient (Wildman–Crippen LogP) is 5.66. The lowest BCUT2D eigenvalue weighted by atomic mass is 10.2. The molecule has 0 aromatic heterocycles. The minimum atomic E-state index is -0.113. The summed E-state index contributed by atoms with van der Waals surface area (Å²) in [4.78, 5) is 12.1. The van der Waals surface area contributed by atoms with E-state index in [-0.39, 0.29) is 12.5 Å². The molecule has 2 aromatic carbocycles. The molecule has 0 aliphatic rings. The number of carbonyl (C=O) groups is 1. The van der Waals surface area contributed by atoms with Crippen LogP contribution in [-0.2, 0) is 4.79 Å². The number of unbranched alkanes of at least 4 members (excludes halogenated alkanes) is 3. The summed E-state index contributed by atoms with van der Waals surface area (Å²) in [6.07, 6.45) is 4.74. The molecule has 0 heterocycles. The van der Waals surface area contributed by atoms with Crippen molar-refractivity contribution in [2.24, 2.45) is 0 Å². The van der Waals surface area contributed by atoms with E-state index >= 15 is 0 Å². The molecular formula is C21H27ClN2O2. The first-order chi connectivity index (χ1) is 12.6. The molecule has 140 valence electrons. The van der Waals surface area contributed by atoms with E-state index in [0.29, 0.717) is 5.02 Å². The van der Waals surface area contributed by atoms with E-state index in [1.807, 2.05) is 49.4 Å². The van der Waals surface area contributed by atoms with Crippen LogP contribution in [0, 0.1) is 6.92 Å². The van der Waals surface area contributed by atoms with Gasteiger partial charge in [0.15, 0.2) is 0 Å². The number of amides is 1. The van der Waals surface area contributed by atoms with Crippen LogP contribution in [0.2, 0.25) is 5.02 Å². The molecule has 1 amide bonds. The van der Waals surface area contributed by atoms with Crippen molar-refractivity contribution >= 4 is 28.9 Å². The van der Waals surface area contributed by atoms with E-state index in [1.165, 1.54) is 19.3 Å². The monoisotopic (exact) mass is 374 g/mol. The highest BCUT2D eigenvalue weighted by atomic mass is 35.5. The van der Waals surface area contributed by atoms with Gasteiger partial charge in [0, 0.05) is 16.4 Å². The Balaban J connectivity index is 1.75. The number of hydrogen-bond acceptors (Lipinski definition) is 3. The Kier molecular flexibility index (Phi) is 8.29. The van der Waals surface area contributed by atoms with Crippen molar-refractivity contribution in [2.45, 2.75) is 39.5 Å². The second kappa shape index (κ2) is 10.7. The Hall–Kier alpha value is -2.20. The number of benzene rings is 2. The lowest BCUT2D eigenvalue weighted by molar-refractivity contribution is -0.114. The van der Waals surface area contributed by atoms with Crippen LogP contribution in [0.5, 0.6) is 5.75 Å². The van der Waals surface area contributed by atoms with Crippen LogP contribution < -0.4 is 15.4 Å². The topological polar surface area (TPSA) is 50.4 Å². The molecule has 0 saturated carbocycles. The third kappa shape index (κ3) is 6.96. The molecule has 2 N–H and O–H groups in total. The zero-order chi connectivity index (χ0) is 18.8. The van der Waals surface area contributed by atoms with Crippen molar-refractivity contribution in [2.75, 3.05) is 23.8 Å². The van der Waals surface area contributed by atoms with Gasteiger partial charge < -0.3 is 15.4 Å². The average Bonchev–Trinajstić information content (AvgIpc) is 2.63. The maximum absolute atomic E-state index is 12.1. The molecule has 0 aliphatic carbocycles. The van der Waals surface area contributed by atoms with Gasteiger partial charge in [-0.25, -0.2) is 0 Å². The quantitative estimate of drug-likeness (QED) is 0.527. The molecule has 0 fully saturated rings. The fraction of sp³-hybridized carbons (Fsp3) is 0.381. The van der Waals surface area contributed by atoms with E-state index in [4.69, 9.17) is 16.3 Å². The molecule has 2 rings (SSSR count). The van der Waals surface area contributed by atoms with Crippen molar-refractivity contribution in [3.8, 4) is 5.75 Å². The third-order valence-corrected chi connectivity index (χ3v) is 4.28. The van der Waals surface area contributed by atoms with Crippen molar-refractivity contribution in [3.63, 3.8) is 0 Å². The van der Waals surface area contributed by atoms with Gasteiger partial charge in [-0.1, -0.05) is 43.9 Å². The standard InChI is InChI=1S/C21H27ClN2O2/c1-3-4-5-6-13-26-19-11-9-18(10-12-19)24-21(25)15-23-20-14-17(22)8-7-16(20)2/h7-12,14,23H,3-6,13,15H2,1-2H3,(H,24,25). The van der Waals surface area contributed by atoms with Gasteiger partial charge in [0.1, 0.15) is 5.75 Å². The number of halogens is 1. The second-order valence-electron chi connectivity index (χ2n) is 6.29. The van der Waals surface area contributed by atoms with E-state index in [9.17, 15) is 4.79 Å². The summed E-state index contributed by atoms with van der Waals surface area (Å²) < 4.78 is 5.70. The van der Waals surface area contributed by atoms with Crippen LogP contribution >= 0.6 is 11.6 Å². The Labute approximate surface area is 160 Å². The summed E-state index contributed by atoms with van der Waals surface area (Å²) in [5, 5.41) is 6.62. The lowest BCUT2D eigenvalue weighted by Gasteiger charge is -2.11. The molecule has 0 saturated heterocycles. The number of rotatable bonds is 10. The van der Waals surface area contributed by atoms with Crippen molar-refractivity contribution in [1.82, 2.24) is 0 Å². The Morgan fingerprint density at radius 2 is 1.85 bits per heavy atom. The van der Waals surface area contributed by atoms with Gasteiger partial charge in [-0.2, -0.15) is 0 Å². The molecular weight excluding hydrogens is 348 g/mol. The minimum absolute atomic E-state index is 0.113. The lowest BCUT2D eigenvalue weighted by Crippen LogP contribution is -2.22. The second-order valence-corrected chi connectivity index (χ2v) is 6.73. The first-order valence-corrected chi connectivity index (χ1v) is 9.49. The maximum Gasteiger partial charge on any atom is 0.243 e. The van der Waals surface area contributed by atoms with E-state index in [1.54, 1.807) is 0 Å². The first-order valence-electron chi connectivity index (χ1n) is 9.11. The van der Waals surface area contributed by atoms with Crippen LogP contribution in [0.1, 0.15) is 38.2 Å². The SMILES string of the molecule is CCCCCCOc1ccc(NC(=O)CNc2cc(Cl)ccc2C)cc1. The fourth-order valence-electron chi connectivity index (χ4n) is 2.52. The number of anilines is 2. The molecule has 4 nitrogen and oxygen atoms in total. The zero-order valence-electron chi connectivity index (χ0n) is 15.5. The van der Waals surface area contributed by atoms with E-state index < -0.39 is 0 Å². The van der Waals surface area contributed by atoms with Gasteiger partial charge in [0.05, 0.1) is 13.2 Å². The van der Waals surface area contributed by atoms with Crippen LogP contribution in [0.4, 0.5) is 11.4 Å². The number of nitrogens with one attached hydrogen (secondary N) is 2. The number of ether oxygens (including phenoxy) is 1. The number of carbonyl (C=O) groups excluding carboxylic acids is 1. The van der Waals surface area contributed by atoms with Gasteiger partial charge in [0.2, 0.25) is 5.91 Å². The minimum Gasteiger partial charge on any atom is -0.494 e. The first kappa shape index (κ1) is 20.1. The van der Waals surface area contributed by atoms with Crippen LogP contribution in [0.25, 0.3) is 0 Å². The van der Waals surface area contributed by atoms with Gasteiger partial charge in [0.25, 0.3) is 0 Å². The molecule has 5 heteroatoms. The number of aryl methyl sites for hydroxylation is 1. The molecule has 2 aromatic rings. The van der Waals surface area contributed by atoms with Gasteiger partial charge >= 0.3 is 0 Å². The summed E-state index contributed by atoms with van der Waals surface area (Å²) in [6, 6.07) is 13.0. The third-order valence-electron chi connectivity index (χ3n) is 4.04. The van der Waals surface area contributed by atoms with Gasteiger partial charge in [-0.05, 0) is 55.3 Å². The molecule has 0 radical (unpaired) electrons. The van der Waals surface area contributed by atoms with Crippen LogP contribution in [-0.4, -0.2) is 19.1 Å². The Morgan fingerprint density at radius 1 is 1.08 bits per heavy atom. The summed E-state index contributed by atoms with van der Waals surface area (Å²) in [6.45, 7) is 5.07.